The summed E-state index contributed by atoms with van der Waals surface area (Å²) in [4.78, 5) is 3.66. The van der Waals surface area contributed by atoms with E-state index in [2.05, 4.69) is 41.1 Å². The molecule has 5 N–H and O–H groups in total. The van der Waals surface area contributed by atoms with Crippen LogP contribution in [0.1, 0.15) is 65.4 Å². The summed E-state index contributed by atoms with van der Waals surface area (Å²) in [5.41, 5.74) is -0.187. The standard InChI is InChI=1S/C24H38F2N4O2S/c1-22(2,3)6-5-7-24(32)8-9-27-20(14-24)21(31)19(30-23(4)28-15-29-33-23)12-16-10-17(25)13-18(26)11-16/h10-11,13,15,19-21,27,30-32H,5-9,12,14H2,1-4H3,(H,28,29). The molecule has 0 bridgehead atoms. The van der Waals surface area contributed by atoms with Crippen LogP contribution in [0.2, 0.25) is 0 Å². The average Bonchev–Trinajstić information content (AvgIpc) is 3.11. The van der Waals surface area contributed by atoms with Crippen LogP contribution in [-0.4, -0.2) is 51.9 Å². The molecule has 2 aliphatic rings. The van der Waals surface area contributed by atoms with Crippen LogP contribution in [0, 0.1) is 17.0 Å². The second-order valence-electron chi connectivity index (χ2n) is 10.8. The lowest BCUT2D eigenvalue weighted by molar-refractivity contribution is -0.0427. The van der Waals surface area contributed by atoms with Crippen LogP contribution in [0.5, 0.6) is 0 Å². The fourth-order valence-electron chi connectivity index (χ4n) is 4.74. The smallest absolute Gasteiger partial charge is 0.175 e. The quantitative estimate of drug-likeness (QED) is 0.345. The molecule has 2 aliphatic heterocycles. The molecule has 9 heteroatoms. The monoisotopic (exact) mass is 484 g/mol. The summed E-state index contributed by atoms with van der Waals surface area (Å²) in [5, 5.41) is 29.3. The third kappa shape index (κ3) is 7.89. The van der Waals surface area contributed by atoms with Crippen LogP contribution >= 0.6 is 11.9 Å². The minimum absolute atomic E-state index is 0.209. The highest BCUT2D eigenvalue weighted by Crippen LogP contribution is 2.33. The molecule has 1 saturated heterocycles. The summed E-state index contributed by atoms with van der Waals surface area (Å²) in [6.07, 6.45) is 4.56. The van der Waals surface area contributed by atoms with Crippen molar-refractivity contribution in [3.8, 4) is 0 Å². The van der Waals surface area contributed by atoms with Gasteiger partial charge in [-0.1, -0.05) is 27.2 Å². The molecule has 0 aromatic heterocycles. The van der Waals surface area contributed by atoms with E-state index in [0.717, 1.165) is 18.9 Å². The van der Waals surface area contributed by atoms with Crippen LogP contribution in [0.3, 0.4) is 0 Å². The van der Waals surface area contributed by atoms with Gasteiger partial charge in [0.15, 0.2) is 4.99 Å². The van der Waals surface area contributed by atoms with E-state index in [1.165, 1.54) is 24.1 Å². The molecule has 0 saturated carbocycles. The second kappa shape index (κ2) is 10.6. The van der Waals surface area contributed by atoms with Crippen molar-refractivity contribution in [2.75, 3.05) is 6.54 Å². The number of hydrogen-bond acceptors (Lipinski definition) is 7. The third-order valence-electron chi connectivity index (χ3n) is 6.44. The van der Waals surface area contributed by atoms with Crippen molar-refractivity contribution < 1.29 is 19.0 Å². The van der Waals surface area contributed by atoms with Crippen molar-refractivity contribution in [2.24, 2.45) is 10.4 Å². The first-order valence-electron chi connectivity index (χ1n) is 11.7. The number of piperidine rings is 1. The van der Waals surface area contributed by atoms with Crippen LogP contribution in [0.4, 0.5) is 8.78 Å². The minimum atomic E-state index is -0.904. The van der Waals surface area contributed by atoms with E-state index in [9.17, 15) is 19.0 Å². The van der Waals surface area contributed by atoms with Gasteiger partial charge in [-0.25, -0.2) is 13.8 Å². The fraction of sp³-hybridized carbons (Fsp3) is 0.708. The van der Waals surface area contributed by atoms with Gasteiger partial charge in [0.05, 0.1) is 18.0 Å². The summed E-state index contributed by atoms with van der Waals surface area (Å²) in [5.74, 6) is -1.30. The zero-order valence-electron chi connectivity index (χ0n) is 20.0. The van der Waals surface area contributed by atoms with E-state index in [0.29, 0.717) is 31.4 Å². The van der Waals surface area contributed by atoms with E-state index in [-0.39, 0.29) is 17.9 Å². The SMILES string of the molecule is CC(C)(C)CCCC1(O)CCNC(C(O)C(Cc2cc(F)cc(F)c2)NC2(C)N=CNS2)C1. The van der Waals surface area contributed by atoms with Gasteiger partial charge in [-0.05, 0) is 80.6 Å². The van der Waals surface area contributed by atoms with Crippen molar-refractivity contribution in [1.29, 1.82) is 0 Å². The molecule has 5 atom stereocenters. The van der Waals surface area contributed by atoms with Crippen molar-refractivity contribution in [1.82, 2.24) is 15.4 Å². The molecular formula is C24H38F2N4O2S. The molecular weight excluding hydrogens is 446 g/mol. The first-order valence-corrected chi connectivity index (χ1v) is 12.5. The Morgan fingerprint density at radius 1 is 1.27 bits per heavy atom. The Kier molecular flexibility index (Phi) is 8.43. The average molecular weight is 485 g/mol. The zero-order valence-corrected chi connectivity index (χ0v) is 20.8. The van der Waals surface area contributed by atoms with E-state index >= 15 is 0 Å². The summed E-state index contributed by atoms with van der Waals surface area (Å²) in [7, 11) is 0. The summed E-state index contributed by atoms with van der Waals surface area (Å²) in [6.45, 7) is 9.04. The maximum Gasteiger partial charge on any atom is 0.175 e. The molecule has 5 unspecified atom stereocenters. The molecule has 0 radical (unpaired) electrons. The number of nitrogens with zero attached hydrogens (tertiary/aromatic N) is 1. The van der Waals surface area contributed by atoms with Gasteiger partial charge in [-0.2, -0.15) is 0 Å². The van der Waals surface area contributed by atoms with Crippen LogP contribution in [0.25, 0.3) is 0 Å². The van der Waals surface area contributed by atoms with Crippen molar-refractivity contribution >= 4 is 18.3 Å². The number of rotatable bonds is 9. The lowest BCUT2D eigenvalue weighted by atomic mass is 9.78. The lowest BCUT2D eigenvalue weighted by Crippen LogP contribution is -2.60. The van der Waals surface area contributed by atoms with E-state index in [1.807, 2.05) is 6.92 Å². The van der Waals surface area contributed by atoms with Crippen LogP contribution < -0.4 is 15.4 Å². The van der Waals surface area contributed by atoms with Crippen LogP contribution in [0.15, 0.2) is 23.2 Å². The molecule has 2 heterocycles. The Hall–Kier alpha value is -1.26. The number of nitrogens with one attached hydrogen (secondary N) is 3. The van der Waals surface area contributed by atoms with Gasteiger partial charge in [-0.15, -0.1) is 0 Å². The highest BCUT2D eigenvalue weighted by atomic mass is 32.2. The largest absolute Gasteiger partial charge is 0.390 e. The van der Waals surface area contributed by atoms with Crippen LogP contribution in [-0.2, 0) is 6.42 Å². The minimum Gasteiger partial charge on any atom is -0.390 e. The van der Waals surface area contributed by atoms with Gasteiger partial charge in [0, 0.05) is 18.2 Å². The number of aliphatic hydroxyl groups is 2. The molecule has 0 spiro atoms. The Bertz CT molecular complexity index is 817. The molecule has 1 aromatic carbocycles. The summed E-state index contributed by atoms with van der Waals surface area (Å²) >= 11 is 1.35. The summed E-state index contributed by atoms with van der Waals surface area (Å²) in [6, 6.07) is 2.50. The molecule has 1 aromatic rings. The Labute approximate surface area is 200 Å². The molecule has 0 amide bonds. The van der Waals surface area contributed by atoms with Gasteiger partial charge in [-0.3, -0.25) is 5.32 Å². The maximum atomic E-state index is 13.8. The zero-order chi connectivity index (χ0) is 24.3. The molecule has 0 aliphatic carbocycles. The molecule has 3 rings (SSSR count). The predicted molar refractivity (Wildman–Crippen MR) is 130 cm³/mol. The molecule has 6 nitrogen and oxygen atoms in total. The second-order valence-corrected chi connectivity index (χ2v) is 12.1. The van der Waals surface area contributed by atoms with E-state index < -0.39 is 34.4 Å². The molecule has 1 fully saturated rings. The number of aliphatic imine (C=N–C) groups is 1. The highest BCUT2D eigenvalue weighted by Gasteiger charge is 2.41. The fourth-order valence-corrected chi connectivity index (χ4v) is 5.39. The van der Waals surface area contributed by atoms with Gasteiger partial charge >= 0.3 is 0 Å². The van der Waals surface area contributed by atoms with Crippen molar-refractivity contribution in [3.05, 3.63) is 35.4 Å². The van der Waals surface area contributed by atoms with Gasteiger partial charge in [0.1, 0.15) is 11.6 Å². The Morgan fingerprint density at radius 3 is 2.58 bits per heavy atom. The first-order chi connectivity index (χ1) is 15.4. The number of benzene rings is 1. The topological polar surface area (TPSA) is 88.9 Å². The number of halogens is 2. The van der Waals surface area contributed by atoms with Crippen molar-refractivity contribution in [3.63, 3.8) is 0 Å². The Balaban J connectivity index is 1.73. The molecule has 33 heavy (non-hydrogen) atoms. The third-order valence-corrected chi connectivity index (χ3v) is 7.29. The predicted octanol–water partition coefficient (Wildman–Crippen LogP) is 3.48. The first kappa shape index (κ1) is 26.3. The van der Waals surface area contributed by atoms with E-state index in [1.54, 1.807) is 6.34 Å². The van der Waals surface area contributed by atoms with Gasteiger partial charge in [0.25, 0.3) is 0 Å². The lowest BCUT2D eigenvalue weighted by Gasteiger charge is -2.42. The van der Waals surface area contributed by atoms with Crippen molar-refractivity contribution in [2.45, 2.75) is 95.0 Å². The van der Waals surface area contributed by atoms with E-state index in [4.69, 9.17) is 0 Å². The van der Waals surface area contributed by atoms with Gasteiger partial charge in [0.2, 0.25) is 0 Å². The summed E-state index contributed by atoms with van der Waals surface area (Å²) < 4.78 is 30.6. The normalized spacial score (nSPS) is 29.6. The maximum absolute atomic E-state index is 13.8. The Morgan fingerprint density at radius 2 is 1.97 bits per heavy atom. The molecule has 186 valence electrons. The number of aliphatic hydroxyl groups excluding tert-OH is 1. The van der Waals surface area contributed by atoms with Gasteiger partial charge < -0.3 is 20.3 Å². The number of hydrogen-bond donors (Lipinski definition) is 5. The highest BCUT2D eigenvalue weighted by molar-refractivity contribution is 7.99.